The lowest BCUT2D eigenvalue weighted by Gasteiger charge is -2.27. The molecule has 18 heavy (non-hydrogen) atoms. The van der Waals surface area contributed by atoms with E-state index in [2.05, 4.69) is 15.9 Å². The highest BCUT2D eigenvalue weighted by Crippen LogP contribution is 2.49. The van der Waals surface area contributed by atoms with Gasteiger partial charge in [0.25, 0.3) is 0 Å². The maximum Gasteiger partial charge on any atom is 0.401 e. The van der Waals surface area contributed by atoms with Gasteiger partial charge in [-0.15, -0.1) is 0 Å². The van der Waals surface area contributed by atoms with Gasteiger partial charge in [-0.1, -0.05) is 45.8 Å². The monoisotopic (exact) mass is 334 g/mol. The van der Waals surface area contributed by atoms with E-state index in [-0.39, 0.29) is 5.56 Å². The van der Waals surface area contributed by atoms with Crippen LogP contribution in [0.25, 0.3) is 0 Å². The molecule has 0 N–H and O–H groups in total. The van der Waals surface area contributed by atoms with E-state index < -0.39 is 23.1 Å². The molecule has 1 rings (SSSR count). The number of halogens is 7. The molecule has 1 atom stereocenters. The topological polar surface area (TPSA) is 0 Å². The highest BCUT2D eigenvalue weighted by Gasteiger charge is 2.59. The lowest BCUT2D eigenvalue weighted by Crippen LogP contribution is -2.39. The Balaban J connectivity index is 3.11. The SMILES string of the molecule is Cc1ccc(C(Br)C(C(F)(F)F)C(F)(F)F)cc1. The maximum absolute atomic E-state index is 12.5. The van der Waals surface area contributed by atoms with Gasteiger partial charge in [0.1, 0.15) is 0 Å². The van der Waals surface area contributed by atoms with Crippen molar-refractivity contribution < 1.29 is 26.3 Å². The number of alkyl halides is 7. The molecule has 1 aromatic carbocycles. The quantitative estimate of drug-likeness (QED) is 0.517. The molecule has 7 heteroatoms. The van der Waals surface area contributed by atoms with Gasteiger partial charge in [-0.2, -0.15) is 26.3 Å². The van der Waals surface area contributed by atoms with Crippen LogP contribution in [0.5, 0.6) is 0 Å². The van der Waals surface area contributed by atoms with E-state index in [1.807, 2.05) is 0 Å². The summed E-state index contributed by atoms with van der Waals surface area (Å²) in [5, 5.41) is 0. The number of rotatable bonds is 2. The van der Waals surface area contributed by atoms with Crippen molar-refractivity contribution in [3.8, 4) is 0 Å². The first-order chi connectivity index (χ1) is 8.03. The number of benzene rings is 1. The van der Waals surface area contributed by atoms with E-state index in [1.165, 1.54) is 24.3 Å². The van der Waals surface area contributed by atoms with Crippen LogP contribution in [0.15, 0.2) is 24.3 Å². The van der Waals surface area contributed by atoms with Crippen molar-refractivity contribution >= 4 is 15.9 Å². The Labute approximate surface area is 108 Å². The fraction of sp³-hybridized carbons (Fsp3) is 0.455. The molecular weight excluding hydrogens is 326 g/mol. The van der Waals surface area contributed by atoms with Gasteiger partial charge >= 0.3 is 12.4 Å². The van der Waals surface area contributed by atoms with E-state index >= 15 is 0 Å². The second-order valence-corrected chi connectivity index (χ2v) is 4.86. The summed E-state index contributed by atoms with van der Waals surface area (Å²) in [5.74, 6) is -3.42. The van der Waals surface area contributed by atoms with E-state index in [0.717, 1.165) is 5.56 Å². The third-order valence-electron chi connectivity index (χ3n) is 2.39. The number of hydrogen-bond acceptors (Lipinski definition) is 0. The van der Waals surface area contributed by atoms with Crippen LogP contribution in [-0.4, -0.2) is 12.4 Å². The van der Waals surface area contributed by atoms with Gasteiger partial charge in [0.15, 0.2) is 5.92 Å². The summed E-state index contributed by atoms with van der Waals surface area (Å²) < 4.78 is 74.9. The van der Waals surface area contributed by atoms with E-state index in [4.69, 9.17) is 0 Å². The summed E-state index contributed by atoms with van der Waals surface area (Å²) >= 11 is 2.51. The molecule has 0 amide bonds. The van der Waals surface area contributed by atoms with Crippen molar-refractivity contribution in [1.29, 1.82) is 0 Å². The highest BCUT2D eigenvalue weighted by atomic mass is 79.9. The molecule has 0 spiro atoms. The minimum Gasteiger partial charge on any atom is -0.170 e. The Hall–Kier alpha value is -0.720. The van der Waals surface area contributed by atoms with E-state index in [0.29, 0.717) is 0 Å². The van der Waals surface area contributed by atoms with Gasteiger partial charge in [0.05, 0.1) is 4.83 Å². The second-order valence-electron chi connectivity index (χ2n) is 3.87. The van der Waals surface area contributed by atoms with Crippen LogP contribution >= 0.6 is 15.9 Å². The van der Waals surface area contributed by atoms with Gasteiger partial charge in [0, 0.05) is 0 Å². The summed E-state index contributed by atoms with van der Waals surface area (Å²) in [6.07, 6.45) is -10.7. The predicted octanol–water partition coefficient (Wildman–Crippen LogP) is 5.17. The fourth-order valence-corrected chi connectivity index (χ4v) is 2.36. The molecule has 0 aromatic heterocycles. The second kappa shape index (κ2) is 5.11. The molecule has 1 aromatic rings. The zero-order valence-corrected chi connectivity index (χ0v) is 10.7. The third kappa shape index (κ3) is 3.63. The van der Waals surface area contributed by atoms with Crippen molar-refractivity contribution in [1.82, 2.24) is 0 Å². The lowest BCUT2D eigenvalue weighted by atomic mass is 9.97. The van der Waals surface area contributed by atoms with Crippen LogP contribution < -0.4 is 0 Å². The maximum atomic E-state index is 12.5. The molecule has 0 nitrogen and oxygen atoms in total. The minimum absolute atomic E-state index is 0.0553. The van der Waals surface area contributed by atoms with Gasteiger partial charge in [-0.05, 0) is 12.5 Å². The van der Waals surface area contributed by atoms with Crippen LogP contribution in [0.1, 0.15) is 16.0 Å². The normalized spacial score (nSPS) is 14.9. The lowest BCUT2D eigenvalue weighted by molar-refractivity contribution is -0.283. The van der Waals surface area contributed by atoms with Crippen LogP contribution in [0.2, 0.25) is 0 Å². The average Bonchev–Trinajstić information content (AvgIpc) is 2.13. The van der Waals surface area contributed by atoms with Crippen molar-refractivity contribution in [2.24, 2.45) is 5.92 Å². The first-order valence-corrected chi connectivity index (χ1v) is 5.79. The minimum atomic E-state index is -5.35. The summed E-state index contributed by atoms with van der Waals surface area (Å²) in [6.45, 7) is 1.69. The molecule has 0 radical (unpaired) electrons. The molecule has 1 unspecified atom stereocenters. The Bertz CT molecular complexity index is 377. The summed E-state index contributed by atoms with van der Waals surface area (Å²) in [4.78, 5) is -1.85. The highest BCUT2D eigenvalue weighted by molar-refractivity contribution is 9.09. The smallest absolute Gasteiger partial charge is 0.170 e. The van der Waals surface area contributed by atoms with Crippen molar-refractivity contribution in [3.63, 3.8) is 0 Å². The van der Waals surface area contributed by atoms with Crippen LogP contribution in [-0.2, 0) is 0 Å². The molecule has 0 aliphatic heterocycles. The number of hydrogen-bond donors (Lipinski definition) is 0. The number of aryl methyl sites for hydroxylation is 1. The average molecular weight is 335 g/mol. The van der Waals surface area contributed by atoms with Crippen molar-refractivity contribution in [3.05, 3.63) is 35.4 Å². The molecule has 0 saturated carbocycles. The standard InChI is InChI=1S/C11H9BrF6/c1-6-2-4-7(5-3-6)8(12)9(10(13,14)15)11(16,17)18/h2-5,8-9H,1H3. The Kier molecular flexibility index (Phi) is 4.35. The van der Waals surface area contributed by atoms with Gasteiger partial charge < -0.3 is 0 Å². The molecule has 0 aliphatic rings. The molecule has 0 aliphatic carbocycles. The van der Waals surface area contributed by atoms with E-state index in [9.17, 15) is 26.3 Å². The predicted molar refractivity (Wildman–Crippen MR) is 58.4 cm³/mol. The Morgan fingerprint density at radius 2 is 1.28 bits per heavy atom. The van der Waals surface area contributed by atoms with Crippen LogP contribution in [0.3, 0.4) is 0 Å². The van der Waals surface area contributed by atoms with Gasteiger partial charge in [0.2, 0.25) is 0 Å². The molecular formula is C11H9BrF6. The van der Waals surface area contributed by atoms with Crippen molar-refractivity contribution in [2.75, 3.05) is 0 Å². The summed E-state index contributed by atoms with van der Waals surface area (Å²) in [7, 11) is 0. The molecule has 0 bridgehead atoms. The van der Waals surface area contributed by atoms with Gasteiger partial charge in [-0.3, -0.25) is 0 Å². The van der Waals surface area contributed by atoms with Crippen molar-refractivity contribution in [2.45, 2.75) is 24.1 Å². The molecule has 0 heterocycles. The molecule has 102 valence electrons. The van der Waals surface area contributed by atoms with Crippen LogP contribution in [0, 0.1) is 12.8 Å². The van der Waals surface area contributed by atoms with Crippen LogP contribution in [0.4, 0.5) is 26.3 Å². The first-order valence-electron chi connectivity index (χ1n) is 4.87. The zero-order chi connectivity index (χ0) is 14.1. The first kappa shape index (κ1) is 15.3. The molecule has 0 fully saturated rings. The zero-order valence-electron chi connectivity index (χ0n) is 9.11. The summed E-state index contributed by atoms with van der Waals surface area (Å²) in [6, 6.07) is 5.43. The fourth-order valence-electron chi connectivity index (χ4n) is 1.46. The third-order valence-corrected chi connectivity index (χ3v) is 3.45. The van der Waals surface area contributed by atoms with Gasteiger partial charge in [-0.25, -0.2) is 0 Å². The summed E-state index contributed by atoms with van der Waals surface area (Å²) in [5.41, 5.74) is 0.703. The largest absolute Gasteiger partial charge is 0.401 e. The molecule has 0 saturated heterocycles. The Morgan fingerprint density at radius 3 is 1.61 bits per heavy atom. The van der Waals surface area contributed by atoms with E-state index in [1.54, 1.807) is 6.92 Å². The Morgan fingerprint density at radius 1 is 0.889 bits per heavy atom.